The summed E-state index contributed by atoms with van der Waals surface area (Å²) in [5.74, 6) is 0. The molecule has 2 aromatic rings. The number of anilines is 2. The minimum Gasteiger partial charge on any atom is -0.397 e. The molecular weight excluding hydrogens is 260 g/mol. The van der Waals surface area contributed by atoms with Crippen LogP contribution in [0.2, 0.25) is 0 Å². The van der Waals surface area contributed by atoms with Gasteiger partial charge in [0.15, 0.2) is 0 Å². The van der Waals surface area contributed by atoms with Crippen molar-refractivity contribution in [2.24, 2.45) is 0 Å². The first-order chi connectivity index (χ1) is 10.2. The average Bonchev–Trinajstić information content (AvgIpc) is 2.53. The van der Waals surface area contributed by atoms with Crippen molar-refractivity contribution in [3.05, 3.63) is 65.9 Å². The highest BCUT2D eigenvalue weighted by Crippen LogP contribution is 2.23. The van der Waals surface area contributed by atoms with Crippen molar-refractivity contribution in [2.45, 2.75) is 6.54 Å². The maximum atomic E-state index is 7.58. The fourth-order valence-corrected chi connectivity index (χ4v) is 2.04. The third kappa shape index (κ3) is 3.86. The molecule has 0 aliphatic carbocycles. The number of benzene rings is 2. The van der Waals surface area contributed by atoms with Crippen molar-refractivity contribution in [1.29, 1.82) is 5.41 Å². The number of rotatable bonds is 6. The van der Waals surface area contributed by atoms with Gasteiger partial charge in [0, 0.05) is 31.6 Å². The van der Waals surface area contributed by atoms with E-state index >= 15 is 0 Å². The molecule has 0 unspecified atom stereocenters. The summed E-state index contributed by atoms with van der Waals surface area (Å²) in [5, 5.41) is 13.9. The Labute approximate surface area is 125 Å². The predicted molar refractivity (Wildman–Crippen MR) is 90.4 cm³/mol. The average molecular weight is 280 g/mol. The van der Waals surface area contributed by atoms with Gasteiger partial charge in [-0.15, -0.1) is 0 Å². The zero-order valence-electron chi connectivity index (χ0n) is 12.1. The van der Waals surface area contributed by atoms with Gasteiger partial charge in [-0.1, -0.05) is 36.4 Å². The number of hydrogen-bond acceptors (Lipinski definition) is 4. The molecule has 0 heterocycles. The Morgan fingerprint density at radius 3 is 2.62 bits per heavy atom. The molecule has 0 fully saturated rings. The van der Waals surface area contributed by atoms with Crippen molar-refractivity contribution in [2.75, 3.05) is 18.1 Å². The molecule has 108 valence electrons. The van der Waals surface area contributed by atoms with E-state index in [0.29, 0.717) is 5.69 Å². The Balaban J connectivity index is 2.12. The van der Waals surface area contributed by atoms with Gasteiger partial charge >= 0.3 is 0 Å². The first kappa shape index (κ1) is 14.7. The zero-order chi connectivity index (χ0) is 15.1. The smallest absolute Gasteiger partial charge is 0.0577 e. The second kappa shape index (κ2) is 7.14. The van der Waals surface area contributed by atoms with E-state index in [9.17, 15) is 0 Å². The van der Waals surface area contributed by atoms with Gasteiger partial charge < -0.3 is 21.8 Å². The lowest BCUT2D eigenvalue weighted by Gasteiger charge is -2.09. The summed E-state index contributed by atoms with van der Waals surface area (Å²) in [7, 11) is 1.83. The van der Waals surface area contributed by atoms with Gasteiger partial charge in [-0.05, 0) is 23.3 Å². The normalized spacial score (nSPS) is 11.0. The lowest BCUT2D eigenvalue weighted by atomic mass is 10.1. The van der Waals surface area contributed by atoms with Crippen LogP contribution in [0.5, 0.6) is 0 Å². The summed E-state index contributed by atoms with van der Waals surface area (Å²) in [5.41, 5.74) is 10.4. The highest BCUT2D eigenvalue weighted by molar-refractivity contribution is 6.08. The van der Waals surface area contributed by atoms with Gasteiger partial charge in [-0.25, -0.2) is 0 Å². The number of nitrogens with two attached hydrogens (primary N) is 1. The maximum Gasteiger partial charge on any atom is 0.0577 e. The Bertz CT molecular complexity index is 632. The number of hydrogen-bond donors (Lipinski definition) is 4. The molecule has 0 amide bonds. The Morgan fingerprint density at radius 1 is 1.19 bits per heavy atom. The van der Waals surface area contributed by atoms with Crippen LogP contribution in [0.15, 0.2) is 54.7 Å². The van der Waals surface area contributed by atoms with Crippen LogP contribution in [0.3, 0.4) is 0 Å². The minimum absolute atomic E-state index is 0.697. The molecular formula is C17H20N4. The molecule has 2 aromatic carbocycles. The lowest BCUT2D eigenvalue weighted by molar-refractivity contribution is 0.873. The monoisotopic (exact) mass is 280 g/mol. The topological polar surface area (TPSA) is 73.9 Å². The molecule has 4 heteroatoms. The molecule has 2 rings (SSSR count). The molecule has 0 atom stereocenters. The molecule has 5 N–H and O–H groups in total. The number of nitrogens with one attached hydrogen (secondary N) is 3. The van der Waals surface area contributed by atoms with E-state index in [1.807, 2.05) is 49.6 Å². The fraction of sp³-hybridized carbons (Fsp3) is 0.118. The van der Waals surface area contributed by atoms with E-state index in [0.717, 1.165) is 23.4 Å². The third-order valence-corrected chi connectivity index (χ3v) is 3.22. The summed E-state index contributed by atoms with van der Waals surface area (Å²) in [6.45, 7) is 0.728. The minimum atomic E-state index is 0.697. The van der Waals surface area contributed by atoms with E-state index in [2.05, 4.69) is 22.8 Å². The van der Waals surface area contributed by atoms with E-state index in [-0.39, 0.29) is 0 Å². The quantitative estimate of drug-likeness (QED) is 0.485. The van der Waals surface area contributed by atoms with Crippen LogP contribution in [0.4, 0.5) is 11.4 Å². The van der Waals surface area contributed by atoms with Gasteiger partial charge in [0.05, 0.1) is 11.4 Å². The number of allylic oxidation sites excluding steroid dienone is 1. The van der Waals surface area contributed by atoms with Gasteiger partial charge in [0.25, 0.3) is 0 Å². The Hall–Kier alpha value is -2.75. The molecule has 0 saturated heterocycles. The molecule has 0 aromatic heterocycles. The van der Waals surface area contributed by atoms with Crippen LogP contribution in [-0.4, -0.2) is 13.3 Å². The Morgan fingerprint density at radius 2 is 1.95 bits per heavy atom. The summed E-state index contributed by atoms with van der Waals surface area (Å²) in [6.07, 6.45) is 3.19. The molecule has 4 nitrogen and oxygen atoms in total. The van der Waals surface area contributed by atoms with Crippen LogP contribution in [0.1, 0.15) is 11.1 Å². The van der Waals surface area contributed by atoms with Crippen molar-refractivity contribution >= 4 is 23.2 Å². The fourth-order valence-electron chi connectivity index (χ4n) is 2.04. The van der Waals surface area contributed by atoms with Crippen LogP contribution in [0, 0.1) is 5.41 Å². The van der Waals surface area contributed by atoms with Gasteiger partial charge in [-0.2, -0.15) is 0 Å². The standard InChI is InChI=1S/C17H20N4/c1-20-17-9-14(7-8-16(17)19)15(10-18)12-21-11-13-5-3-2-4-6-13/h2-10,12,18,20-21H,11,19H2,1H3/b15-12+,18-10?. The maximum absolute atomic E-state index is 7.58. The lowest BCUT2D eigenvalue weighted by Crippen LogP contribution is -2.06. The second-order valence-electron chi connectivity index (χ2n) is 4.66. The molecule has 0 saturated carbocycles. The molecule has 21 heavy (non-hydrogen) atoms. The summed E-state index contributed by atoms with van der Waals surface area (Å²) in [4.78, 5) is 0. The number of nitrogen functional groups attached to an aromatic ring is 1. The van der Waals surface area contributed by atoms with Gasteiger partial charge in [-0.3, -0.25) is 0 Å². The second-order valence-corrected chi connectivity index (χ2v) is 4.66. The van der Waals surface area contributed by atoms with Crippen LogP contribution in [0.25, 0.3) is 5.57 Å². The van der Waals surface area contributed by atoms with Crippen molar-refractivity contribution in [3.8, 4) is 0 Å². The van der Waals surface area contributed by atoms with E-state index in [1.54, 1.807) is 0 Å². The third-order valence-electron chi connectivity index (χ3n) is 3.22. The largest absolute Gasteiger partial charge is 0.397 e. The molecule has 0 radical (unpaired) electrons. The van der Waals surface area contributed by atoms with E-state index < -0.39 is 0 Å². The van der Waals surface area contributed by atoms with Gasteiger partial charge in [0.2, 0.25) is 0 Å². The summed E-state index contributed by atoms with van der Waals surface area (Å²) in [6, 6.07) is 15.8. The van der Waals surface area contributed by atoms with Crippen LogP contribution < -0.4 is 16.4 Å². The Kier molecular flexibility index (Phi) is 4.99. The summed E-state index contributed by atoms with van der Waals surface area (Å²) < 4.78 is 0. The molecule has 0 spiro atoms. The SMILES string of the molecule is CNc1cc(/C(C=N)=C/NCc2ccccc2)ccc1N. The highest BCUT2D eigenvalue weighted by Gasteiger charge is 2.02. The van der Waals surface area contributed by atoms with E-state index in [4.69, 9.17) is 11.1 Å². The summed E-state index contributed by atoms with van der Waals surface area (Å²) >= 11 is 0. The highest BCUT2D eigenvalue weighted by atomic mass is 14.8. The molecule has 0 aliphatic heterocycles. The molecule has 0 aliphatic rings. The molecule has 0 bridgehead atoms. The first-order valence-corrected chi connectivity index (χ1v) is 6.80. The van der Waals surface area contributed by atoms with Crippen molar-refractivity contribution in [1.82, 2.24) is 5.32 Å². The van der Waals surface area contributed by atoms with E-state index in [1.165, 1.54) is 11.8 Å². The van der Waals surface area contributed by atoms with Crippen LogP contribution >= 0.6 is 0 Å². The van der Waals surface area contributed by atoms with Crippen molar-refractivity contribution in [3.63, 3.8) is 0 Å². The zero-order valence-corrected chi connectivity index (χ0v) is 12.1. The van der Waals surface area contributed by atoms with Crippen LogP contribution in [-0.2, 0) is 6.54 Å². The predicted octanol–water partition coefficient (Wildman–Crippen LogP) is 3.09. The van der Waals surface area contributed by atoms with Crippen molar-refractivity contribution < 1.29 is 0 Å². The first-order valence-electron chi connectivity index (χ1n) is 6.80. The van der Waals surface area contributed by atoms with Gasteiger partial charge in [0.1, 0.15) is 0 Å².